The fraction of sp³-hybridized carbons (Fsp3) is 0.154. The fourth-order valence-electron chi connectivity index (χ4n) is 1.52. The summed E-state index contributed by atoms with van der Waals surface area (Å²) in [6.45, 7) is 3.95. The minimum atomic E-state index is -0.0239. The average molecular weight is 265 g/mol. The predicted octanol–water partition coefficient (Wildman–Crippen LogP) is 3.46. The second-order valence-corrected chi connectivity index (χ2v) is 4.36. The van der Waals surface area contributed by atoms with Gasteiger partial charge in [-0.1, -0.05) is 29.3 Å². The maximum atomic E-state index is 9.56. The predicted molar refractivity (Wildman–Crippen MR) is 71.1 cm³/mol. The second-order valence-electron chi connectivity index (χ2n) is 3.97. The summed E-state index contributed by atoms with van der Waals surface area (Å²) in [7, 11) is 0. The van der Waals surface area contributed by atoms with E-state index in [1.807, 2.05) is 32.0 Å². The van der Waals surface area contributed by atoms with Gasteiger partial charge in [-0.15, -0.1) is 0 Å². The summed E-state index contributed by atoms with van der Waals surface area (Å²) in [5, 5.41) is 9.84. The number of aryl methyl sites for hydroxylation is 2. The third-order valence-corrected chi connectivity index (χ3v) is 2.64. The molecule has 0 aliphatic rings. The average Bonchev–Trinajstić information content (AvgIpc) is 2.32. The van der Waals surface area contributed by atoms with Gasteiger partial charge in [-0.3, -0.25) is 0 Å². The van der Waals surface area contributed by atoms with E-state index < -0.39 is 0 Å². The van der Waals surface area contributed by atoms with Crippen LogP contribution in [-0.4, -0.2) is 10.1 Å². The number of pyridine rings is 1. The maximum Gasteiger partial charge on any atom is 0.203 e. The molecule has 0 saturated heterocycles. The Bertz CT molecular complexity index is 573. The lowest BCUT2D eigenvalue weighted by Crippen LogP contribution is -2.07. The number of nitrogens with zero attached hydrogens (tertiary/aromatic N) is 1. The fourth-order valence-corrected chi connectivity index (χ4v) is 1.67. The Kier molecular flexibility index (Phi) is 3.58. The van der Waals surface area contributed by atoms with Crippen LogP contribution in [0.15, 0.2) is 30.3 Å². The normalized spacial score (nSPS) is 10.2. The van der Waals surface area contributed by atoms with Crippen LogP contribution in [0.2, 0.25) is 5.15 Å². The van der Waals surface area contributed by atoms with Crippen molar-refractivity contribution < 1.29 is 9.94 Å². The molecule has 0 saturated carbocycles. The van der Waals surface area contributed by atoms with E-state index in [-0.39, 0.29) is 16.7 Å². The number of nitrogens with one attached hydrogen (secondary N) is 1. The number of hydrogen-bond donors (Lipinski definition) is 2. The van der Waals surface area contributed by atoms with Crippen LogP contribution in [0, 0.1) is 13.8 Å². The molecule has 1 aromatic carbocycles. The molecule has 0 fully saturated rings. The molecule has 18 heavy (non-hydrogen) atoms. The molecule has 0 bridgehead atoms. The monoisotopic (exact) mass is 264 g/mol. The summed E-state index contributed by atoms with van der Waals surface area (Å²) >= 11 is 5.73. The van der Waals surface area contributed by atoms with Crippen LogP contribution in [-0.2, 0) is 0 Å². The highest BCUT2D eigenvalue weighted by Crippen LogP contribution is 2.24. The number of rotatable bonds is 3. The van der Waals surface area contributed by atoms with Gasteiger partial charge in [0.25, 0.3) is 0 Å². The van der Waals surface area contributed by atoms with Gasteiger partial charge in [-0.05, 0) is 37.6 Å². The van der Waals surface area contributed by atoms with Gasteiger partial charge in [0.05, 0.1) is 0 Å². The van der Waals surface area contributed by atoms with Crippen LogP contribution in [0.1, 0.15) is 11.1 Å². The highest BCUT2D eigenvalue weighted by Gasteiger charge is 2.05. The molecule has 2 aromatic rings. The number of anilines is 1. The molecule has 0 spiro atoms. The van der Waals surface area contributed by atoms with Gasteiger partial charge in [-0.25, -0.2) is 10.5 Å². The first-order valence-corrected chi connectivity index (χ1v) is 5.79. The molecule has 2 N–H and O–H groups in total. The first-order chi connectivity index (χ1) is 8.56. The molecule has 0 aliphatic carbocycles. The molecule has 0 aliphatic heterocycles. The molecule has 1 heterocycles. The summed E-state index contributed by atoms with van der Waals surface area (Å²) in [4.78, 5) is 9.30. The Balaban J connectivity index is 2.13. The van der Waals surface area contributed by atoms with E-state index in [1.54, 1.807) is 0 Å². The summed E-state index contributed by atoms with van der Waals surface area (Å²) in [6, 6.07) is 8.74. The third-order valence-electron chi connectivity index (χ3n) is 2.43. The quantitative estimate of drug-likeness (QED) is 0.658. The van der Waals surface area contributed by atoms with Crippen molar-refractivity contribution in [3.8, 4) is 11.5 Å². The van der Waals surface area contributed by atoms with E-state index in [9.17, 15) is 5.11 Å². The van der Waals surface area contributed by atoms with Gasteiger partial charge in [0, 0.05) is 0 Å². The summed E-state index contributed by atoms with van der Waals surface area (Å²) in [6.07, 6.45) is 0. The molecule has 5 heteroatoms. The minimum absolute atomic E-state index is 0.0239. The molecule has 2 rings (SSSR count). The van der Waals surface area contributed by atoms with Gasteiger partial charge in [0.2, 0.25) is 5.82 Å². The maximum absolute atomic E-state index is 9.56. The van der Waals surface area contributed by atoms with Gasteiger partial charge >= 0.3 is 0 Å². The highest BCUT2D eigenvalue weighted by molar-refractivity contribution is 6.29. The van der Waals surface area contributed by atoms with E-state index in [0.29, 0.717) is 5.75 Å². The Hall–Kier alpha value is -1.94. The standard InChI is InChI=1S/C13H13ClN2O2/c1-8-3-5-11(9(2)7-8)18-16-13-10(17)4-6-12(14)15-13/h3-7,17H,1-2H3,(H,15,16). The van der Waals surface area contributed by atoms with Crippen molar-refractivity contribution >= 4 is 17.4 Å². The van der Waals surface area contributed by atoms with Crippen molar-refractivity contribution in [2.24, 2.45) is 0 Å². The molecule has 0 amide bonds. The van der Waals surface area contributed by atoms with Crippen LogP contribution in [0.3, 0.4) is 0 Å². The van der Waals surface area contributed by atoms with Crippen molar-refractivity contribution in [1.82, 2.24) is 4.98 Å². The Morgan fingerprint density at radius 1 is 1.22 bits per heavy atom. The molecule has 4 nitrogen and oxygen atoms in total. The van der Waals surface area contributed by atoms with E-state index >= 15 is 0 Å². The molecule has 1 aromatic heterocycles. The van der Waals surface area contributed by atoms with Crippen molar-refractivity contribution in [3.05, 3.63) is 46.6 Å². The zero-order valence-electron chi connectivity index (χ0n) is 10.1. The SMILES string of the molecule is Cc1ccc(ONc2nc(Cl)ccc2O)c(C)c1. The first kappa shape index (κ1) is 12.5. The number of benzene rings is 1. The van der Waals surface area contributed by atoms with Crippen LogP contribution >= 0.6 is 11.6 Å². The van der Waals surface area contributed by atoms with Crippen molar-refractivity contribution in [1.29, 1.82) is 0 Å². The molecular formula is C13H13ClN2O2. The van der Waals surface area contributed by atoms with Crippen LogP contribution in [0.5, 0.6) is 11.5 Å². The van der Waals surface area contributed by atoms with Gasteiger partial charge in [0.1, 0.15) is 5.15 Å². The highest BCUT2D eigenvalue weighted by atomic mass is 35.5. The number of aromatic nitrogens is 1. The zero-order chi connectivity index (χ0) is 13.1. The van der Waals surface area contributed by atoms with E-state index in [2.05, 4.69) is 10.5 Å². The van der Waals surface area contributed by atoms with Crippen molar-refractivity contribution in [2.45, 2.75) is 13.8 Å². The smallest absolute Gasteiger partial charge is 0.203 e. The first-order valence-electron chi connectivity index (χ1n) is 5.42. The van der Waals surface area contributed by atoms with Crippen LogP contribution < -0.4 is 10.3 Å². The van der Waals surface area contributed by atoms with E-state index in [1.165, 1.54) is 12.1 Å². The number of hydrogen-bond acceptors (Lipinski definition) is 4. The Labute approximate surface area is 110 Å². The summed E-state index contributed by atoms with van der Waals surface area (Å²) < 4.78 is 0. The zero-order valence-corrected chi connectivity index (χ0v) is 10.8. The summed E-state index contributed by atoms with van der Waals surface area (Å²) in [5.74, 6) is 0.827. The van der Waals surface area contributed by atoms with E-state index in [0.717, 1.165) is 11.1 Å². The van der Waals surface area contributed by atoms with Gasteiger partial charge in [0.15, 0.2) is 11.5 Å². The lowest BCUT2D eigenvalue weighted by Gasteiger charge is -2.11. The Morgan fingerprint density at radius 2 is 2.00 bits per heavy atom. The second kappa shape index (κ2) is 5.14. The lowest BCUT2D eigenvalue weighted by molar-refractivity contribution is 0.390. The topological polar surface area (TPSA) is 54.4 Å². The lowest BCUT2D eigenvalue weighted by atomic mass is 10.1. The molecule has 0 unspecified atom stereocenters. The minimum Gasteiger partial charge on any atom is -0.504 e. The van der Waals surface area contributed by atoms with Crippen molar-refractivity contribution in [3.63, 3.8) is 0 Å². The molecule has 0 radical (unpaired) electrons. The van der Waals surface area contributed by atoms with E-state index in [4.69, 9.17) is 16.4 Å². The third kappa shape index (κ3) is 2.84. The Morgan fingerprint density at radius 3 is 2.72 bits per heavy atom. The van der Waals surface area contributed by atoms with Gasteiger partial charge < -0.3 is 9.94 Å². The molecular weight excluding hydrogens is 252 g/mol. The number of halogens is 1. The van der Waals surface area contributed by atoms with Crippen molar-refractivity contribution in [2.75, 3.05) is 5.48 Å². The summed E-state index contributed by atoms with van der Waals surface area (Å²) in [5.41, 5.74) is 4.73. The molecule has 94 valence electrons. The number of aromatic hydroxyl groups is 1. The molecule has 0 atom stereocenters. The largest absolute Gasteiger partial charge is 0.504 e. The van der Waals surface area contributed by atoms with Crippen LogP contribution in [0.25, 0.3) is 0 Å². The van der Waals surface area contributed by atoms with Gasteiger partial charge in [-0.2, -0.15) is 0 Å². The van der Waals surface area contributed by atoms with Crippen LogP contribution in [0.4, 0.5) is 5.82 Å².